The van der Waals surface area contributed by atoms with Crippen LogP contribution in [-0.2, 0) is 13.2 Å². The second kappa shape index (κ2) is 10.5. The minimum atomic E-state index is -0.129. The van der Waals surface area contributed by atoms with Crippen LogP contribution in [0.4, 0.5) is 0 Å². The van der Waals surface area contributed by atoms with Gasteiger partial charge in [0.15, 0.2) is 0 Å². The summed E-state index contributed by atoms with van der Waals surface area (Å²) in [6.45, 7) is 16.2. The van der Waals surface area contributed by atoms with Crippen molar-refractivity contribution in [1.29, 1.82) is 0 Å². The van der Waals surface area contributed by atoms with Crippen molar-refractivity contribution >= 4 is 0 Å². The van der Waals surface area contributed by atoms with E-state index >= 15 is 0 Å². The van der Waals surface area contributed by atoms with Crippen LogP contribution in [0.25, 0.3) is 0 Å². The Morgan fingerprint density at radius 3 is 1.77 bits per heavy atom. The molecule has 0 saturated carbocycles. The van der Waals surface area contributed by atoms with Crippen molar-refractivity contribution in [3.63, 3.8) is 0 Å². The van der Waals surface area contributed by atoms with Gasteiger partial charge in [0.05, 0.1) is 13.2 Å². The van der Waals surface area contributed by atoms with Crippen molar-refractivity contribution in [2.45, 2.75) is 74.0 Å². The quantitative estimate of drug-likeness (QED) is 0.481. The number of hydrogen-bond acceptors (Lipinski definition) is 4. The summed E-state index contributed by atoms with van der Waals surface area (Å²) in [5, 5.41) is 19.2. The molecular formula is C27H40O4. The predicted octanol–water partition coefficient (Wildman–Crippen LogP) is 6.00. The van der Waals surface area contributed by atoms with Gasteiger partial charge in [-0.05, 0) is 47.8 Å². The van der Waals surface area contributed by atoms with E-state index in [1.807, 2.05) is 31.2 Å². The first-order valence-electron chi connectivity index (χ1n) is 11.1. The summed E-state index contributed by atoms with van der Waals surface area (Å²) in [5.74, 6) is 1.83. The maximum absolute atomic E-state index is 9.60. The van der Waals surface area contributed by atoms with Gasteiger partial charge in [0, 0.05) is 11.1 Å². The van der Waals surface area contributed by atoms with Crippen LogP contribution in [0.1, 0.15) is 76.1 Å². The van der Waals surface area contributed by atoms with E-state index in [9.17, 15) is 10.2 Å². The SMILES string of the molecule is Cc1cc(CO)c(OCCOc2ccc(C(CC(C)(C)C)C(C)(C)C)cc2)c(CO)c1. The molecule has 0 radical (unpaired) electrons. The third-order valence-corrected chi connectivity index (χ3v) is 5.47. The van der Waals surface area contributed by atoms with E-state index in [0.29, 0.717) is 36.0 Å². The minimum absolute atomic E-state index is 0.129. The zero-order valence-electron chi connectivity index (χ0n) is 20.3. The van der Waals surface area contributed by atoms with Crippen LogP contribution in [0.2, 0.25) is 0 Å². The molecule has 0 amide bonds. The lowest BCUT2D eigenvalue weighted by atomic mass is 9.69. The molecule has 1 atom stereocenters. The van der Waals surface area contributed by atoms with Crippen molar-refractivity contribution in [3.05, 3.63) is 58.7 Å². The van der Waals surface area contributed by atoms with Crippen LogP contribution >= 0.6 is 0 Å². The maximum Gasteiger partial charge on any atom is 0.130 e. The Labute approximate surface area is 188 Å². The van der Waals surface area contributed by atoms with E-state index in [-0.39, 0.29) is 24.0 Å². The van der Waals surface area contributed by atoms with Gasteiger partial charge in [0.25, 0.3) is 0 Å². The summed E-state index contributed by atoms with van der Waals surface area (Å²) in [5.41, 5.74) is 4.14. The van der Waals surface area contributed by atoms with Gasteiger partial charge in [-0.3, -0.25) is 0 Å². The first-order chi connectivity index (χ1) is 14.4. The highest BCUT2D eigenvalue weighted by molar-refractivity contribution is 5.44. The van der Waals surface area contributed by atoms with Crippen LogP contribution < -0.4 is 9.47 Å². The Balaban J connectivity index is 1.99. The number of aliphatic hydroxyl groups is 2. The molecule has 0 spiro atoms. The number of ether oxygens (including phenoxy) is 2. The van der Waals surface area contributed by atoms with Crippen molar-refractivity contribution in [3.8, 4) is 11.5 Å². The molecule has 0 aliphatic rings. The molecule has 0 fully saturated rings. The zero-order valence-corrected chi connectivity index (χ0v) is 20.3. The van der Waals surface area contributed by atoms with E-state index in [0.717, 1.165) is 17.7 Å². The number of rotatable bonds is 9. The number of benzene rings is 2. The normalized spacial score (nSPS) is 13.2. The minimum Gasteiger partial charge on any atom is -0.490 e. The molecular weight excluding hydrogens is 388 g/mol. The van der Waals surface area contributed by atoms with Gasteiger partial charge in [-0.2, -0.15) is 0 Å². The van der Waals surface area contributed by atoms with Crippen molar-refractivity contribution < 1.29 is 19.7 Å². The van der Waals surface area contributed by atoms with E-state index in [2.05, 4.69) is 53.7 Å². The average Bonchev–Trinajstić information content (AvgIpc) is 2.68. The lowest BCUT2D eigenvalue weighted by molar-refractivity contribution is 0.202. The summed E-state index contributed by atoms with van der Waals surface area (Å²) < 4.78 is 11.7. The molecule has 0 heterocycles. The molecule has 2 N–H and O–H groups in total. The fourth-order valence-corrected chi connectivity index (χ4v) is 3.98. The van der Waals surface area contributed by atoms with Crippen LogP contribution in [-0.4, -0.2) is 23.4 Å². The van der Waals surface area contributed by atoms with E-state index in [1.165, 1.54) is 5.56 Å². The van der Waals surface area contributed by atoms with E-state index < -0.39 is 0 Å². The highest BCUT2D eigenvalue weighted by Gasteiger charge is 2.30. The lowest BCUT2D eigenvalue weighted by Gasteiger charge is -2.36. The number of hydrogen-bond donors (Lipinski definition) is 2. The Bertz CT molecular complexity index is 801. The molecule has 4 heteroatoms. The van der Waals surface area contributed by atoms with Crippen LogP contribution in [0.15, 0.2) is 36.4 Å². The fourth-order valence-electron chi connectivity index (χ4n) is 3.98. The highest BCUT2D eigenvalue weighted by Crippen LogP contribution is 2.43. The second-order valence-corrected chi connectivity index (χ2v) is 10.7. The molecule has 0 aliphatic carbocycles. The Kier molecular flexibility index (Phi) is 8.56. The summed E-state index contributed by atoms with van der Waals surface area (Å²) >= 11 is 0. The van der Waals surface area contributed by atoms with Crippen molar-refractivity contribution in [2.75, 3.05) is 13.2 Å². The first-order valence-corrected chi connectivity index (χ1v) is 11.1. The van der Waals surface area contributed by atoms with Crippen molar-refractivity contribution in [2.24, 2.45) is 10.8 Å². The van der Waals surface area contributed by atoms with E-state index in [4.69, 9.17) is 9.47 Å². The van der Waals surface area contributed by atoms with Gasteiger partial charge in [-0.1, -0.05) is 71.4 Å². The summed E-state index contributed by atoms with van der Waals surface area (Å²) in [4.78, 5) is 0. The fraction of sp³-hybridized carbons (Fsp3) is 0.556. The molecule has 2 aromatic rings. The maximum atomic E-state index is 9.60. The number of aliphatic hydroxyl groups excluding tert-OH is 2. The highest BCUT2D eigenvalue weighted by atomic mass is 16.5. The Morgan fingerprint density at radius 2 is 1.32 bits per heavy atom. The molecule has 172 valence electrons. The average molecular weight is 429 g/mol. The van der Waals surface area contributed by atoms with Gasteiger partial charge in [-0.25, -0.2) is 0 Å². The molecule has 0 bridgehead atoms. The van der Waals surface area contributed by atoms with Gasteiger partial charge in [0.1, 0.15) is 24.7 Å². The molecule has 0 aliphatic heterocycles. The monoisotopic (exact) mass is 428 g/mol. The Hall–Kier alpha value is -2.04. The summed E-state index contributed by atoms with van der Waals surface area (Å²) in [6, 6.07) is 12.1. The van der Waals surface area contributed by atoms with Crippen LogP contribution in [0, 0.1) is 17.8 Å². The third kappa shape index (κ3) is 7.55. The molecule has 2 rings (SSSR count). The standard InChI is InChI=1S/C27H40O4/c1-19-14-21(17-28)25(22(15-19)18-29)31-13-12-30-23-10-8-20(9-11-23)24(27(5,6)7)16-26(2,3)4/h8-11,14-15,24,28-29H,12-13,16-18H2,1-7H3. The Morgan fingerprint density at radius 1 is 0.806 bits per heavy atom. The van der Waals surface area contributed by atoms with Gasteiger partial charge < -0.3 is 19.7 Å². The topological polar surface area (TPSA) is 58.9 Å². The molecule has 31 heavy (non-hydrogen) atoms. The molecule has 2 aromatic carbocycles. The van der Waals surface area contributed by atoms with E-state index in [1.54, 1.807) is 0 Å². The first kappa shape index (κ1) is 25.2. The zero-order chi connectivity index (χ0) is 23.2. The molecule has 0 saturated heterocycles. The van der Waals surface area contributed by atoms with Gasteiger partial charge >= 0.3 is 0 Å². The summed E-state index contributed by atoms with van der Waals surface area (Å²) in [7, 11) is 0. The predicted molar refractivity (Wildman–Crippen MR) is 127 cm³/mol. The largest absolute Gasteiger partial charge is 0.490 e. The molecule has 0 aromatic heterocycles. The van der Waals surface area contributed by atoms with Crippen LogP contribution in [0.5, 0.6) is 11.5 Å². The lowest BCUT2D eigenvalue weighted by Crippen LogP contribution is -2.23. The summed E-state index contributed by atoms with van der Waals surface area (Å²) in [6.07, 6.45) is 1.13. The molecule has 4 nitrogen and oxygen atoms in total. The van der Waals surface area contributed by atoms with Crippen molar-refractivity contribution in [1.82, 2.24) is 0 Å². The molecule has 1 unspecified atom stereocenters. The van der Waals surface area contributed by atoms with Crippen LogP contribution in [0.3, 0.4) is 0 Å². The third-order valence-electron chi connectivity index (χ3n) is 5.47. The van der Waals surface area contributed by atoms with Gasteiger partial charge in [-0.15, -0.1) is 0 Å². The van der Waals surface area contributed by atoms with Gasteiger partial charge in [0.2, 0.25) is 0 Å². The second-order valence-electron chi connectivity index (χ2n) is 10.7. The smallest absolute Gasteiger partial charge is 0.130 e. The number of aryl methyl sites for hydroxylation is 1.